The van der Waals surface area contributed by atoms with Crippen molar-refractivity contribution in [3.8, 4) is 0 Å². The summed E-state index contributed by atoms with van der Waals surface area (Å²) in [6.07, 6.45) is 5.82. The highest BCUT2D eigenvalue weighted by Crippen LogP contribution is 2.31. The van der Waals surface area contributed by atoms with Crippen LogP contribution in [0.5, 0.6) is 0 Å². The van der Waals surface area contributed by atoms with Crippen molar-refractivity contribution in [2.24, 2.45) is 11.8 Å². The molecule has 0 radical (unpaired) electrons. The van der Waals surface area contributed by atoms with Gasteiger partial charge in [0.15, 0.2) is 0 Å². The van der Waals surface area contributed by atoms with Gasteiger partial charge in [0.1, 0.15) is 5.54 Å². The number of nitrogens with one attached hydrogen (secondary N) is 1. The zero-order chi connectivity index (χ0) is 14.6. The molecular weight excluding hydrogens is 258 g/mol. The van der Waals surface area contributed by atoms with Gasteiger partial charge < -0.3 is 15.2 Å². The van der Waals surface area contributed by atoms with Crippen molar-refractivity contribution in [3.05, 3.63) is 0 Å². The maximum absolute atomic E-state index is 12.4. The van der Waals surface area contributed by atoms with Gasteiger partial charge in [-0.05, 0) is 31.6 Å². The molecule has 0 aromatic heterocycles. The molecule has 1 aliphatic carbocycles. The summed E-state index contributed by atoms with van der Waals surface area (Å²) in [7, 11) is 0. The van der Waals surface area contributed by atoms with E-state index in [4.69, 9.17) is 4.74 Å². The Morgan fingerprint density at radius 3 is 2.30 bits per heavy atom. The Morgan fingerprint density at radius 1 is 1.20 bits per heavy atom. The number of aliphatic carboxylic acids is 1. The summed E-state index contributed by atoms with van der Waals surface area (Å²) in [6, 6.07) is 0. The SMILES string of the molecule is CCC1CCC(C(=O)NC2(C(=O)O)CCOCC2)CC1. The first-order valence-corrected chi connectivity index (χ1v) is 7.70. The summed E-state index contributed by atoms with van der Waals surface area (Å²) < 4.78 is 5.22. The fourth-order valence-electron chi connectivity index (χ4n) is 3.28. The highest BCUT2D eigenvalue weighted by molar-refractivity contribution is 5.88. The molecule has 1 amide bonds. The van der Waals surface area contributed by atoms with Gasteiger partial charge in [-0.2, -0.15) is 0 Å². The quantitative estimate of drug-likeness (QED) is 0.827. The van der Waals surface area contributed by atoms with E-state index in [9.17, 15) is 14.7 Å². The van der Waals surface area contributed by atoms with Crippen molar-refractivity contribution >= 4 is 11.9 Å². The van der Waals surface area contributed by atoms with Gasteiger partial charge in [0.2, 0.25) is 5.91 Å². The maximum Gasteiger partial charge on any atom is 0.329 e. The summed E-state index contributed by atoms with van der Waals surface area (Å²) in [4.78, 5) is 23.9. The van der Waals surface area contributed by atoms with E-state index >= 15 is 0 Å². The third kappa shape index (κ3) is 3.32. The lowest BCUT2D eigenvalue weighted by atomic mass is 9.79. The van der Waals surface area contributed by atoms with E-state index in [2.05, 4.69) is 12.2 Å². The second-order valence-corrected chi connectivity index (χ2v) is 6.11. The number of amides is 1. The standard InChI is InChI=1S/C15H25NO4/c1-2-11-3-5-12(6-4-11)13(17)16-15(14(18)19)7-9-20-10-8-15/h11-12H,2-10H2,1H3,(H,16,17)(H,18,19). The lowest BCUT2D eigenvalue weighted by Gasteiger charge is -2.36. The molecule has 0 unspecified atom stereocenters. The van der Waals surface area contributed by atoms with E-state index in [-0.39, 0.29) is 11.8 Å². The van der Waals surface area contributed by atoms with E-state index in [0.717, 1.165) is 31.6 Å². The molecule has 2 N–H and O–H groups in total. The van der Waals surface area contributed by atoms with Crippen LogP contribution >= 0.6 is 0 Å². The summed E-state index contributed by atoms with van der Waals surface area (Å²) >= 11 is 0. The number of hydrogen-bond acceptors (Lipinski definition) is 3. The third-order valence-electron chi connectivity index (χ3n) is 4.91. The number of ether oxygens (including phenoxy) is 1. The summed E-state index contributed by atoms with van der Waals surface area (Å²) in [5.41, 5.74) is -1.11. The highest BCUT2D eigenvalue weighted by atomic mass is 16.5. The summed E-state index contributed by atoms with van der Waals surface area (Å²) in [5.74, 6) is -0.298. The molecular formula is C15H25NO4. The van der Waals surface area contributed by atoms with Crippen LogP contribution in [0.4, 0.5) is 0 Å². The minimum atomic E-state index is -1.11. The van der Waals surface area contributed by atoms with Crippen LogP contribution in [0.1, 0.15) is 51.9 Å². The molecule has 1 aliphatic heterocycles. The lowest BCUT2D eigenvalue weighted by molar-refractivity contribution is -0.153. The molecule has 0 aromatic rings. The van der Waals surface area contributed by atoms with Crippen LogP contribution in [0, 0.1) is 11.8 Å². The Labute approximate surface area is 120 Å². The van der Waals surface area contributed by atoms with Crippen LogP contribution in [0.3, 0.4) is 0 Å². The number of hydrogen-bond donors (Lipinski definition) is 2. The van der Waals surface area contributed by atoms with Crippen molar-refractivity contribution in [1.82, 2.24) is 5.32 Å². The van der Waals surface area contributed by atoms with E-state index < -0.39 is 11.5 Å². The van der Waals surface area contributed by atoms with E-state index in [0.29, 0.717) is 26.1 Å². The van der Waals surface area contributed by atoms with Crippen LogP contribution in [0.15, 0.2) is 0 Å². The summed E-state index contributed by atoms with van der Waals surface area (Å²) in [6.45, 7) is 2.98. The van der Waals surface area contributed by atoms with Crippen LogP contribution in [0.2, 0.25) is 0 Å². The molecule has 5 heteroatoms. The lowest BCUT2D eigenvalue weighted by Crippen LogP contribution is -2.58. The van der Waals surface area contributed by atoms with Crippen LogP contribution < -0.4 is 5.32 Å². The fraction of sp³-hybridized carbons (Fsp3) is 0.867. The molecule has 2 aliphatic rings. The first-order valence-electron chi connectivity index (χ1n) is 7.70. The molecule has 114 valence electrons. The van der Waals surface area contributed by atoms with Crippen molar-refractivity contribution in [2.45, 2.75) is 57.4 Å². The largest absolute Gasteiger partial charge is 0.480 e. The number of carbonyl (C=O) groups is 2. The second kappa shape index (κ2) is 6.57. The molecule has 2 rings (SSSR count). The molecule has 0 spiro atoms. The number of carbonyl (C=O) groups excluding carboxylic acids is 1. The van der Waals surface area contributed by atoms with Crippen molar-refractivity contribution in [2.75, 3.05) is 13.2 Å². The molecule has 1 heterocycles. The highest BCUT2D eigenvalue weighted by Gasteiger charge is 2.42. The smallest absolute Gasteiger partial charge is 0.329 e. The average molecular weight is 283 g/mol. The predicted molar refractivity (Wildman–Crippen MR) is 74.3 cm³/mol. The summed E-state index contributed by atoms with van der Waals surface area (Å²) in [5, 5.41) is 12.3. The van der Waals surface area contributed by atoms with Gasteiger partial charge in [-0.1, -0.05) is 13.3 Å². The Hall–Kier alpha value is -1.10. The molecule has 20 heavy (non-hydrogen) atoms. The van der Waals surface area contributed by atoms with Gasteiger partial charge in [0.05, 0.1) is 0 Å². The molecule has 1 saturated heterocycles. The monoisotopic (exact) mass is 283 g/mol. The zero-order valence-corrected chi connectivity index (χ0v) is 12.2. The minimum absolute atomic E-state index is 0.0168. The topological polar surface area (TPSA) is 75.6 Å². The first kappa shape index (κ1) is 15.3. The first-order chi connectivity index (χ1) is 9.57. The molecule has 2 fully saturated rings. The Balaban J connectivity index is 1.94. The van der Waals surface area contributed by atoms with E-state index in [1.807, 2.05) is 0 Å². The van der Waals surface area contributed by atoms with Gasteiger partial charge in [-0.25, -0.2) is 4.79 Å². The van der Waals surface area contributed by atoms with E-state index in [1.165, 1.54) is 6.42 Å². The van der Waals surface area contributed by atoms with Gasteiger partial charge in [0.25, 0.3) is 0 Å². The molecule has 0 aromatic carbocycles. The van der Waals surface area contributed by atoms with Gasteiger partial charge in [-0.15, -0.1) is 0 Å². The number of carboxylic acid groups (broad SMARTS) is 1. The van der Waals surface area contributed by atoms with Crippen LogP contribution in [0.25, 0.3) is 0 Å². The van der Waals surface area contributed by atoms with E-state index in [1.54, 1.807) is 0 Å². The number of carboxylic acids is 1. The molecule has 1 saturated carbocycles. The number of rotatable bonds is 4. The van der Waals surface area contributed by atoms with Crippen molar-refractivity contribution in [3.63, 3.8) is 0 Å². The van der Waals surface area contributed by atoms with Crippen LogP contribution in [-0.4, -0.2) is 35.7 Å². The Morgan fingerprint density at radius 2 is 1.80 bits per heavy atom. The molecule has 0 bridgehead atoms. The predicted octanol–water partition coefficient (Wildman–Crippen LogP) is 1.95. The average Bonchev–Trinajstić information content (AvgIpc) is 2.48. The molecule has 0 atom stereocenters. The maximum atomic E-state index is 12.4. The third-order valence-corrected chi connectivity index (χ3v) is 4.91. The van der Waals surface area contributed by atoms with Gasteiger partial charge in [-0.3, -0.25) is 4.79 Å². The van der Waals surface area contributed by atoms with Crippen molar-refractivity contribution < 1.29 is 19.4 Å². The molecule has 5 nitrogen and oxygen atoms in total. The Bertz CT molecular complexity index is 355. The van der Waals surface area contributed by atoms with Crippen molar-refractivity contribution in [1.29, 1.82) is 0 Å². The van der Waals surface area contributed by atoms with Gasteiger partial charge >= 0.3 is 5.97 Å². The van der Waals surface area contributed by atoms with Crippen LogP contribution in [-0.2, 0) is 14.3 Å². The zero-order valence-electron chi connectivity index (χ0n) is 12.2. The fourth-order valence-corrected chi connectivity index (χ4v) is 3.28. The normalized spacial score (nSPS) is 29.6. The Kier molecular flexibility index (Phi) is 5.02. The second-order valence-electron chi connectivity index (χ2n) is 6.11. The minimum Gasteiger partial charge on any atom is -0.480 e. The van der Waals surface area contributed by atoms with Gasteiger partial charge in [0, 0.05) is 32.0 Å².